The molecule has 2 N–H and O–H groups in total. The molecule has 0 saturated carbocycles. The number of nitrogens with zero attached hydrogens (tertiary/aromatic N) is 4. The first-order chi connectivity index (χ1) is 16.2. The Morgan fingerprint density at radius 3 is 2.65 bits per heavy atom. The summed E-state index contributed by atoms with van der Waals surface area (Å²) < 4.78 is 8.37. The van der Waals surface area contributed by atoms with Crippen LogP contribution in [0.5, 0.6) is 0 Å². The molecule has 3 aromatic heterocycles. The maximum absolute atomic E-state index is 6.44. The Morgan fingerprint density at radius 1 is 0.971 bits per heavy atom. The molecule has 0 amide bonds. The van der Waals surface area contributed by atoms with Crippen LogP contribution in [-0.4, -0.2) is 34.3 Å². The van der Waals surface area contributed by atoms with Crippen molar-refractivity contribution in [3.63, 3.8) is 0 Å². The van der Waals surface area contributed by atoms with E-state index in [-0.39, 0.29) is 10.6 Å². The van der Waals surface area contributed by atoms with Gasteiger partial charge in [0.1, 0.15) is 0 Å². The summed E-state index contributed by atoms with van der Waals surface area (Å²) in [5.74, 6) is 0.528. The van der Waals surface area contributed by atoms with Crippen molar-refractivity contribution in [1.82, 2.24) is 24.6 Å². The highest BCUT2D eigenvalue weighted by Gasteiger charge is 2.25. The van der Waals surface area contributed by atoms with E-state index in [1.54, 1.807) is 6.33 Å². The summed E-state index contributed by atoms with van der Waals surface area (Å²) in [6.07, 6.45) is 3.52. The van der Waals surface area contributed by atoms with Crippen molar-refractivity contribution in [2.75, 3.05) is 5.32 Å². The molecule has 8 heteroatoms. The van der Waals surface area contributed by atoms with Crippen LogP contribution < -0.4 is 5.32 Å². The second-order valence-electron chi connectivity index (χ2n) is 10.3. The molecule has 3 heterocycles. The molecule has 2 aromatic carbocycles. The van der Waals surface area contributed by atoms with Crippen molar-refractivity contribution < 1.29 is 4.43 Å². The maximum atomic E-state index is 6.44. The zero-order valence-corrected chi connectivity index (χ0v) is 21.7. The summed E-state index contributed by atoms with van der Waals surface area (Å²) in [5, 5.41) is 8.33. The predicted molar refractivity (Wildman–Crippen MR) is 140 cm³/mol. The van der Waals surface area contributed by atoms with Gasteiger partial charge in [-0.1, -0.05) is 39.0 Å². The van der Waals surface area contributed by atoms with Gasteiger partial charge < -0.3 is 14.7 Å². The van der Waals surface area contributed by atoms with E-state index in [4.69, 9.17) is 9.52 Å². The molecule has 34 heavy (non-hydrogen) atoms. The third-order valence-corrected chi connectivity index (χ3v) is 7.53. The van der Waals surface area contributed by atoms with Crippen LogP contribution in [-0.2, 0) is 10.0 Å². The number of benzene rings is 2. The number of hydrogen-bond acceptors (Lipinski definition) is 5. The Hall–Kier alpha value is -3.49. The topological polar surface area (TPSA) is 80.1 Å². The molecule has 0 saturated heterocycles. The summed E-state index contributed by atoms with van der Waals surface area (Å²) in [5.41, 5.74) is 6.65. The van der Waals surface area contributed by atoms with Gasteiger partial charge in [0.15, 0.2) is 9.76 Å². The molecule has 0 radical (unpaired) electrons. The van der Waals surface area contributed by atoms with E-state index in [9.17, 15) is 0 Å². The van der Waals surface area contributed by atoms with Gasteiger partial charge in [-0.05, 0) is 60.8 Å². The molecule has 5 rings (SSSR count). The third kappa shape index (κ3) is 4.60. The van der Waals surface area contributed by atoms with Crippen molar-refractivity contribution in [2.45, 2.75) is 45.3 Å². The fourth-order valence-electron chi connectivity index (χ4n) is 3.85. The van der Waals surface area contributed by atoms with E-state index in [0.29, 0.717) is 5.95 Å². The molecule has 7 nitrogen and oxygen atoms in total. The van der Waals surface area contributed by atoms with Crippen molar-refractivity contribution in [3.05, 3.63) is 72.7 Å². The molecule has 0 aliphatic rings. The normalized spacial score (nSPS) is 12.9. The average Bonchev–Trinajstić information content (AvgIpc) is 3.44. The molecular weight excluding hydrogens is 440 g/mol. The number of aromatic amines is 1. The first-order valence-corrected chi connectivity index (χ1v) is 12.8. The minimum Gasteiger partial charge on any atom is -0.415 e. The number of aromatic nitrogens is 5. The second kappa shape index (κ2) is 8.38. The van der Waals surface area contributed by atoms with Crippen LogP contribution >= 0.6 is 0 Å². The summed E-state index contributed by atoms with van der Waals surface area (Å²) in [4.78, 5) is 11.9. The molecule has 0 unspecified atom stereocenters. The Balaban J connectivity index is 1.45. The smallest absolute Gasteiger partial charge is 0.245 e. The van der Waals surface area contributed by atoms with Gasteiger partial charge in [0.25, 0.3) is 0 Å². The Labute approximate surface area is 201 Å². The molecule has 0 spiro atoms. The predicted octanol–water partition coefficient (Wildman–Crippen LogP) is 5.57. The standard InChI is InChI=1S/C26H30N6OSi/c1-25(2,3)34-33-26(4,5)18-8-6-7-17(13-18)23-12-10-20-15-27-24(31-32(20)23)30-19-9-11-21-22(14-19)29-16-28-21/h6-16H,34H2,1-5H3,(H,28,29)(H,30,31). The van der Waals surface area contributed by atoms with Gasteiger partial charge in [-0.15, -0.1) is 5.10 Å². The lowest BCUT2D eigenvalue weighted by Crippen LogP contribution is -2.27. The van der Waals surface area contributed by atoms with E-state index in [2.05, 4.69) is 85.2 Å². The number of nitrogens with one attached hydrogen (secondary N) is 2. The quantitative estimate of drug-likeness (QED) is 0.317. The minimum atomic E-state index is -0.681. The first kappa shape index (κ1) is 22.3. The number of hydrogen-bond donors (Lipinski definition) is 2. The number of imidazole rings is 1. The Morgan fingerprint density at radius 2 is 1.82 bits per heavy atom. The van der Waals surface area contributed by atoms with Crippen LogP contribution in [0.25, 0.3) is 27.8 Å². The zero-order valence-electron chi connectivity index (χ0n) is 20.3. The van der Waals surface area contributed by atoms with E-state index in [1.807, 2.05) is 35.0 Å². The van der Waals surface area contributed by atoms with Gasteiger partial charge in [-0.2, -0.15) is 0 Å². The molecule has 0 atom stereocenters. The number of H-pyrrole nitrogens is 1. The van der Waals surface area contributed by atoms with Gasteiger partial charge in [-0.3, -0.25) is 0 Å². The Kier molecular flexibility index (Phi) is 5.49. The van der Waals surface area contributed by atoms with Crippen LogP contribution in [0.15, 0.2) is 67.1 Å². The highest BCUT2D eigenvalue weighted by atomic mass is 28.2. The highest BCUT2D eigenvalue weighted by molar-refractivity contribution is 6.31. The summed E-state index contributed by atoms with van der Waals surface area (Å²) in [6.45, 7) is 11.0. The van der Waals surface area contributed by atoms with Gasteiger partial charge in [0.2, 0.25) is 5.95 Å². The summed E-state index contributed by atoms with van der Waals surface area (Å²) in [7, 11) is -0.681. The highest BCUT2D eigenvalue weighted by Crippen LogP contribution is 2.32. The van der Waals surface area contributed by atoms with Gasteiger partial charge >= 0.3 is 0 Å². The van der Waals surface area contributed by atoms with Crippen molar-refractivity contribution in [3.8, 4) is 11.3 Å². The summed E-state index contributed by atoms with van der Waals surface area (Å²) >= 11 is 0. The monoisotopic (exact) mass is 470 g/mol. The van der Waals surface area contributed by atoms with Gasteiger partial charge in [-0.25, -0.2) is 14.5 Å². The largest absolute Gasteiger partial charge is 0.415 e. The molecule has 5 aromatic rings. The molecule has 0 bridgehead atoms. The fourth-order valence-corrected chi connectivity index (χ4v) is 4.81. The van der Waals surface area contributed by atoms with Crippen LogP contribution in [0, 0.1) is 0 Å². The Bertz CT molecular complexity index is 1460. The van der Waals surface area contributed by atoms with Crippen LogP contribution in [0.4, 0.5) is 11.6 Å². The van der Waals surface area contributed by atoms with E-state index < -0.39 is 9.76 Å². The molecular formula is C26H30N6OSi. The van der Waals surface area contributed by atoms with E-state index in [0.717, 1.165) is 39.1 Å². The molecule has 0 aliphatic heterocycles. The van der Waals surface area contributed by atoms with Crippen molar-refractivity contribution >= 4 is 37.9 Å². The molecule has 0 aliphatic carbocycles. The van der Waals surface area contributed by atoms with Gasteiger partial charge in [0, 0.05) is 11.3 Å². The van der Waals surface area contributed by atoms with Gasteiger partial charge in [0.05, 0.1) is 40.4 Å². The maximum Gasteiger partial charge on any atom is 0.245 e. The van der Waals surface area contributed by atoms with Crippen LogP contribution in [0.2, 0.25) is 5.04 Å². The number of fused-ring (bicyclic) bond motifs is 2. The number of rotatable bonds is 6. The third-order valence-electron chi connectivity index (χ3n) is 5.79. The van der Waals surface area contributed by atoms with Crippen molar-refractivity contribution in [1.29, 1.82) is 0 Å². The SMILES string of the molecule is CC(C)(C)[SiH2]OC(C)(C)c1cccc(-c2ccc3cnc(Nc4ccc5nc[nH]c5c4)nn23)c1. The average molecular weight is 471 g/mol. The van der Waals surface area contributed by atoms with E-state index >= 15 is 0 Å². The second-order valence-corrected chi connectivity index (χ2v) is 13.0. The lowest BCUT2D eigenvalue weighted by molar-refractivity contribution is 0.109. The molecule has 0 fully saturated rings. The minimum absolute atomic E-state index is 0.245. The van der Waals surface area contributed by atoms with Crippen molar-refractivity contribution in [2.24, 2.45) is 0 Å². The summed E-state index contributed by atoms with van der Waals surface area (Å²) in [6, 6.07) is 18.6. The van der Waals surface area contributed by atoms with Crippen LogP contribution in [0.1, 0.15) is 40.2 Å². The number of anilines is 2. The first-order valence-electron chi connectivity index (χ1n) is 11.5. The van der Waals surface area contributed by atoms with Crippen LogP contribution in [0.3, 0.4) is 0 Å². The van der Waals surface area contributed by atoms with E-state index in [1.165, 1.54) is 0 Å². The molecule has 174 valence electrons. The fraction of sp³-hybridized carbons (Fsp3) is 0.269. The lowest BCUT2D eigenvalue weighted by Gasteiger charge is -2.30. The lowest BCUT2D eigenvalue weighted by atomic mass is 9.96. The zero-order chi connectivity index (χ0) is 23.9.